The van der Waals surface area contributed by atoms with E-state index < -0.39 is 0 Å². The molecule has 0 spiro atoms. The van der Waals surface area contributed by atoms with Gasteiger partial charge in [0.25, 0.3) is 0 Å². The van der Waals surface area contributed by atoms with Gasteiger partial charge in [-0.15, -0.1) is 0 Å². The van der Waals surface area contributed by atoms with E-state index in [0.29, 0.717) is 0 Å². The van der Waals surface area contributed by atoms with E-state index in [2.05, 4.69) is 47.3 Å². The number of anilines is 1. The van der Waals surface area contributed by atoms with Crippen LogP contribution in [0.5, 0.6) is 0 Å². The van der Waals surface area contributed by atoms with E-state index in [0.717, 1.165) is 37.6 Å². The molecule has 0 saturated carbocycles. The maximum Gasteiger partial charge on any atom is 0.0731 e. The molecule has 0 bridgehead atoms. The van der Waals surface area contributed by atoms with Crippen LogP contribution in [0, 0.1) is 0 Å². The van der Waals surface area contributed by atoms with E-state index in [9.17, 15) is 0 Å². The van der Waals surface area contributed by atoms with E-state index in [1.54, 1.807) is 0 Å². The molecule has 21 heavy (non-hydrogen) atoms. The first-order chi connectivity index (χ1) is 10.2. The molecule has 0 radical (unpaired) electrons. The number of nitrogens with zero attached hydrogens (tertiary/aromatic N) is 4. The second-order valence-electron chi connectivity index (χ2n) is 5.14. The predicted octanol–water partition coefficient (Wildman–Crippen LogP) is 2.79. The summed E-state index contributed by atoms with van der Waals surface area (Å²) in [6.07, 6.45) is 5.76. The highest BCUT2D eigenvalue weighted by Crippen LogP contribution is 2.16. The van der Waals surface area contributed by atoms with Gasteiger partial charge in [0, 0.05) is 18.9 Å². The molecule has 5 nitrogen and oxygen atoms in total. The van der Waals surface area contributed by atoms with Gasteiger partial charge in [0.2, 0.25) is 0 Å². The Labute approximate surface area is 127 Å². The Kier molecular flexibility index (Phi) is 5.75. The van der Waals surface area contributed by atoms with E-state index in [1.807, 2.05) is 35.3 Å². The maximum atomic E-state index is 4.41. The molecule has 0 aliphatic carbocycles. The van der Waals surface area contributed by atoms with Gasteiger partial charge in [0.15, 0.2) is 0 Å². The molecule has 0 aromatic carbocycles. The Morgan fingerprint density at radius 1 is 1.29 bits per heavy atom. The van der Waals surface area contributed by atoms with Crippen LogP contribution in [0.25, 0.3) is 0 Å². The number of hydrogen-bond acceptors (Lipinski definition) is 4. The van der Waals surface area contributed by atoms with Gasteiger partial charge in [-0.2, -0.15) is 5.10 Å². The summed E-state index contributed by atoms with van der Waals surface area (Å²) in [6, 6.07) is 6.14. The Balaban J connectivity index is 1.88. The highest BCUT2D eigenvalue weighted by atomic mass is 15.3. The van der Waals surface area contributed by atoms with Crippen LogP contribution in [0.15, 0.2) is 36.8 Å². The summed E-state index contributed by atoms with van der Waals surface area (Å²) in [5.41, 5.74) is 2.07. The molecule has 2 rings (SSSR count). The standard InChI is InChI=1S/C16H25N5/c1-4-20(5-2)10-11-21-13-15(12-18-21)19-14(3)16-8-6-7-9-17-16/h6-9,12-14,19H,4-5,10-11H2,1-3H3. The third-order valence-electron chi connectivity index (χ3n) is 3.69. The SMILES string of the molecule is CCN(CC)CCn1cc(NC(C)c2ccccn2)cn1. The Bertz CT molecular complexity index is 518. The largest absolute Gasteiger partial charge is 0.374 e. The summed E-state index contributed by atoms with van der Waals surface area (Å²) < 4.78 is 1.99. The van der Waals surface area contributed by atoms with E-state index >= 15 is 0 Å². The number of rotatable bonds is 8. The average molecular weight is 287 g/mol. The smallest absolute Gasteiger partial charge is 0.0731 e. The van der Waals surface area contributed by atoms with Gasteiger partial charge in [-0.25, -0.2) is 0 Å². The van der Waals surface area contributed by atoms with Crippen LogP contribution in [0.3, 0.4) is 0 Å². The lowest BCUT2D eigenvalue weighted by atomic mass is 10.2. The second kappa shape index (κ2) is 7.78. The van der Waals surface area contributed by atoms with Crippen LogP contribution in [0.1, 0.15) is 32.5 Å². The molecule has 1 unspecified atom stereocenters. The van der Waals surface area contributed by atoms with Crippen molar-refractivity contribution >= 4 is 5.69 Å². The zero-order chi connectivity index (χ0) is 15.1. The fraction of sp³-hybridized carbons (Fsp3) is 0.500. The fourth-order valence-corrected chi connectivity index (χ4v) is 2.30. The quantitative estimate of drug-likeness (QED) is 0.811. The van der Waals surface area contributed by atoms with Crippen molar-refractivity contribution in [3.63, 3.8) is 0 Å². The van der Waals surface area contributed by atoms with Crippen molar-refractivity contribution in [1.82, 2.24) is 19.7 Å². The van der Waals surface area contributed by atoms with Gasteiger partial charge in [0.05, 0.1) is 30.2 Å². The molecular weight excluding hydrogens is 262 g/mol. The predicted molar refractivity (Wildman–Crippen MR) is 86.3 cm³/mol. The van der Waals surface area contributed by atoms with Crippen LogP contribution in [0.4, 0.5) is 5.69 Å². The van der Waals surface area contributed by atoms with Crippen LogP contribution < -0.4 is 5.32 Å². The molecular formula is C16H25N5. The normalized spacial score (nSPS) is 12.6. The van der Waals surface area contributed by atoms with Crippen molar-refractivity contribution in [2.75, 3.05) is 25.0 Å². The summed E-state index contributed by atoms with van der Waals surface area (Å²) in [6.45, 7) is 10.6. The van der Waals surface area contributed by atoms with Gasteiger partial charge >= 0.3 is 0 Å². The topological polar surface area (TPSA) is 46.0 Å². The molecule has 0 saturated heterocycles. The second-order valence-corrected chi connectivity index (χ2v) is 5.14. The fourth-order valence-electron chi connectivity index (χ4n) is 2.30. The summed E-state index contributed by atoms with van der Waals surface area (Å²) in [7, 11) is 0. The monoisotopic (exact) mass is 287 g/mol. The van der Waals surface area contributed by atoms with Gasteiger partial charge in [0.1, 0.15) is 0 Å². The first kappa shape index (κ1) is 15.5. The van der Waals surface area contributed by atoms with Crippen molar-refractivity contribution < 1.29 is 0 Å². The summed E-state index contributed by atoms with van der Waals surface area (Å²) in [4.78, 5) is 6.76. The van der Waals surface area contributed by atoms with E-state index in [4.69, 9.17) is 0 Å². The lowest BCUT2D eigenvalue weighted by Crippen LogP contribution is -2.27. The van der Waals surface area contributed by atoms with E-state index in [1.165, 1.54) is 0 Å². The van der Waals surface area contributed by atoms with Crippen LogP contribution in [0.2, 0.25) is 0 Å². The zero-order valence-electron chi connectivity index (χ0n) is 13.2. The van der Waals surface area contributed by atoms with E-state index in [-0.39, 0.29) is 6.04 Å². The lowest BCUT2D eigenvalue weighted by molar-refractivity contribution is 0.285. The Morgan fingerprint density at radius 2 is 2.10 bits per heavy atom. The van der Waals surface area contributed by atoms with Crippen molar-refractivity contribution in [2.45, 2.75) is 33.4 Å². The molecule has 0 amide bonds. The molecule has 114 valence electrons. The van der Waals surface area contributed by atoms with Crippen LogP contribution in [-0.4, -0.2) is 39.3 Å². The number of pyridine rings is 1. The lowest BCUT2D eigenvalue weighted by Gasteiger charge is -2.17. The molecule has 1 atom stereocenters. The minimum Gasteiger partial charge on any atom is -0.374 e. The molecule has 5 heteroatoms. The van der Waals surface area contributed by atoms with Gasteiger partial charge in [-0.3, -0.25) is 9.67 Å². The third-order valence-corrected chi connectivity index (χ3v) is 3.69. The summed E-state index contributed by atoms with van der Waals surface area (Å²) in [5.74, 6) is 0. The first-order valence-corrected chi connectivity index (χ1v) is 7.65. The molecule has 2 heterocycles. The minimum atomic E-state index is 0.173. The highest BCUT2D eigenvalue weighted by molar-refractivity contribution is 5.40. The summed E-state index contributed by atoms with van der Waals surface area (Å²) >= 11 is 0. The Morgan fingerprint density at radius 3 is 2.76 bits per heavy atom. The van der Waals surface area contributed by atoms with Gasteiger partial charge < -0.3 is 10.2 Å². The molecule has 0 aliphatic rings. The Hall–Kier alpha value is -1.88. The number of hydrogen-bond donors (Lipinski definition) is 1. The van der Waals surface area contributed by atoms with Gasteiger partial charge in [-0.05, 0) is 32.1 Å². The summed E-state index contributed by atoms with van der Waals surface area (Å²) in [5, 5.41) is 7.85. The van der Waals surface area contributed by atoms with Gasteiger partial charge in [-0.1, -0.05) is 19.9 Å². The third kappa shape index (κ3) is 4.56. The minimum absolute atomic E-state index is 0.173. The highest BCUT2D eigenvalue weighted by Gasteiger charge is 2.07. The zero-order valence-corrected chi connectivity index (χ0v) is 13.2. The van der Waals surface area contributed by atoms with Crippen molar-refractivity contribution in [3.8, 4) is 0 Å². The van der Waals surface area contributed by atoms with Crippen molar-refractivity contribution in [2.24, 2.45) is 0 Å². The van der Waals surface area contributed by atoms with Crippen LogP contribution >= 0.6 is 0 Å². The molecule has 2 aromatic heterocycles. The van der Waals surface area contributed by atoms with Crippen molar-refractivity contribution in [1.29, 1.82) is 0 Å². The number of likely N-dealkylation sites (N-methyl/N-ethyl adjacent to an activating group) is 1. The maximum absolute atomic E-state index is 4.41. The molecule has 1 N–H and O–H groups in total. The van der Waals surface area contributed by atoms with Crippen molar-refractivity contribution in [3.05, 3.63) is 42.5 Å². The molecule has 2 aromatic rings. The first-order valence-electron chi connectivity index (χ1n) is 7.65. The number of aromatic nitrogens is 3. The average Bonchev–Trinajstić information content (AvgIpc) is 2.96. The van der Waals surface area contributed by atoms with Crippen LogP contribution in [-0.2, 0) is 6.54 Å². The number of nitrogens with one attached hydrogen (secondary N) is 1. The molecule has 0 fully saturated rings. The molecule has 0 aliphatic heterocycles.